The molecule has 1 aromatic carbocycles. The van der Waals surface area contributed by atoms with Crippen molar-refractivity contribution >= 4 is 27.6 Å². The largest absolute Gasteiger partial charge is 0.384 e. The van der Waals surface area contributed by atoms with Gasteiger partial charge in [0.1, 0.15) is 18.2 Å². The lowest BCUT2D eigenvalue weighted by molar-refractivity contribution is 0.128. The van der Waals surface area contributed by atoms with Crippen LogP contribution in [-0.2, 0) is 11.3 Å². The summed E-state index contributed by atoms with van der Waals surface area (Å²) in [4.78, 5) is 8.58. The van der Waals surface area contributed by atoms with Crippen LogP contribution in [0.5, 0.6) is 0 Å². The lowest BCUT2D eigenvalue weighted by Crippen LogP contribution is -2.11. The average Bonchev–Trinajstić information content (AvgIpc) is 2.45. The minimum atomic E-state index is 0.118. The molecule has 3 N–H and O–H groups in total. The summed E-state index contributed by atoms with van der Waals surface area (Å²) >= 11 is 3.43. The van der Waals surface area contributed by atoms with Crippen LogP contribution in [0.4, 0.5) is 11.6 Å². The van der Waals surface area contributed by atoms with Crippen LogP contribution in [0.25, 0.3) is 0 Å². The molecule has 21 heavy (non-hydrogen) atoms. The van der Waals surface area contributed by atoms with E-state index in [4.69, 9.17) is 10.5 Å². The lowest BCUT2D eigenvalue weighted by atomic mass is 10.1. The van der Waals surface area contributed by atoms with Gasteiger partial charge >= 0.3 is 0 Å². The molecule has 0 fully saturated rings. The number of ether oxygens (including phenoxy) is 1. The fraction of sp³-hybridized carbons (Fsp3) is 0.333. The van der Waals surface area contributed by atoms with Crippen LogP contribution in [0.1, 0.15) is 31.3 Å². The predicted molar refractivity (Wildman–Crippen MR) is 88.0 cm³/mol. The first-order valence-electron chi connectivity index (χ1n) is 6.81. The molecule has 2 aromatic rings. The van der Waals surface area contributed by atoms with Gasteiger partial charge in [0.15, 0.2) is 5.82 Å². The molecular formula is C15H19BrN4O. The van der Waals surface area contributed by atoms with E-state index in [1.165, 1.54) is 5.56 Å². The number of nitrogens with two attached hydrogens (primary N) is 1. The van der Waals surface area contributed by atoms with E-state index >= 15 is 0 Å². The van der Waals surface area contributed by atoms with Crippen molar-refractivity contribution < 1.29 is 4.74 Å². The van der Waals surface area contributed by atoms with E-state index < -0.39 is 0 Å². The third-order valence-corrected chi connectivity index (χ3v) is 3.49. The lowest BCUT2D eigenvalue weighted by Gasteiger charge is -2.16. The average molecular weight is 351 g/mol. The maximum absolute atomic E-state index is 5.81. The predicted octanol–water partition coefficient (Wildman–Crippen LogP) is 3.53. The van der Waals surface area contributed by atoms with Crippen LogP contribution in [0.3, 0.4) is 0 Å². The first-order chi connectivity index (χ1) is 10.1. The molecule has 0 saturated carbocycles. The van der Waals surface area contributed by atoms with Gasteiger partial charge in [0.05, 0.1) is 0 Å². The molecule has 0 aliphatic carbocycles. The normalized spacial score (nSPS) is 12.1. The Morgan fingerprint density at radius 3 is 2.67 bits per heavy atom. The van der Waals surface area contributed by atoms with Gasteiger partial charge in [-0.15, -0.1) is 0 Å². The second-order valence-electron chi connectivity index (χ2n) is 4.65. The third-order valence-electron chi connectivity index (χ3n) is 2.96. The minimum absolute atomic E-state index is 0.118. The molecule has 0 aliphatic rings. The standard InChI is InChI=1S/C15H19BrN4O/c1-3-21-9-15-19-13(17)8-14(20-15)18-10(2)11-4-6-12(16)7-5-11/h4-8,10H,3,9H2,1-2H3,(H3,17,18,19,20). The number of hydrogen-bond acceptors (Lipinski definition) is 5. The second kappa shape index (κ2) is 7.38. The molecule has 6 heteroatoms. The molecule has 1 heterocycles. The topological polar surface area (TPSA) is 73.1 Å². The summed E-state index contributed by atoms with van der Waals surface area (Å²) in [6.45, 7) is 4.99. The zero-order chi connectivity index (χ0) is 15.2. The number of rotatable bonds is 6. The molecule has 0 bridgehead atoms. The summed E-state index contributed by atoms with van der Waals surface area (Å²) in [7, 11) is 0. The van der Waals surface area contributed by atoms with Gasteiger partial charge in [-0.1, -0.05) is 28.1 Å². The second-order valence-corrected chi connectivity index (χ2v) is 5.56. The number of anilines is 2. The van der Waals surface area contributed by atoms with Crippen molar-refractivity contribution in [2.75, 3.05) is 17.7 Å². The summed E-state index contributed by atoms with van der Waals surface area (Å²) in [5.41, 5.74) is 6.98. The third kappa shape index (κ3) is 4.68. The molecule has 0 saturated heterocycles. The molecule has 1 aromatic heterocycles. The van der Waals surface area contributed by atoms with Crippen molar-refractivity contribution in [3.05, 3.63) is 46.2 Å². The summed E-state index contributed by atoms with van der Waals surface area (Å²) in [6, 6.07) is 10.0. The van der Waals surface area contributed by atoms with Gasteiger partial charge in [0, 0.05) is 23.2 Å². The first kappa shape index (κ1) is 15.7. The van der Waals surface area contributed by atoms with E-state index in [9.17, 15) is 0 Å². The van der Waals surface area contributed by atoms with Crippen LogP contribution in [0, 0.1) is 0 Å². The van der Waals surface area contributed by atoms with E-state index in [0.29, 0.717) is 30.7 Å². The molecule has 0 aliphatic heterocycles. The number of nitrogens with one attached hydrogen (secondary N) is 1. The van der Waals surface area contributed by atoms with Gasteiger partial charge in [-0.25, -0.2) is 9.97 Å². The molecular weight excluding hydrogens is 332 g/mol. The van der Waals surface area contributed by atoms with Crippen molar-refractivity contribution in [2.24, 2.45) is 0 Å². The van der Waals surface area contributed by atoms with Gasteiger partial charge in [-0.2, -0.15) is 0 Å². The SMILES string of the molecule is CCOCc1nc(N)cc(NC(C)c2ccc(Br)cc2)n1. The molecule has 5 nitrogen and oxygen atoms in total. The van der Waals surface area contributed by atoms with E-state index in [-0.39, 0.29) is 6.04 Å². The summed E-state index contributed by atoms with van der Waals surface area (Å²) in [5.74, 6) is 1.72. The Bertz CT molecular complexity index is 589. The number of hydrogen-bond donors (Lipinski definition) is 2. The Balaban J connectivity index is 2.10. The van der Waals surface area contributed by atoms with E-state index in [1.54, 1.807) is 6.07 Å². The number of benzene rings is 1. The van der Waals surface area contributed by atoms with Crippen LogP contribution in [-0.4, -0.2) is 16.6 Å². The van der Waals surface area contributed by atoms with Gasteiger partial charge in [0.2, 0.25) is 0 Å². The molecule has 112 valence electrons. The number of nitrogens with zero attached hydrogens (tertiary/aromatic N) is 2. The quantitative estimate of drug-likeness (QED) is 0.833. The van der Waals surface area contributed by atoms with Crippen LogP contribution < -0.4 is 11.1 Å². The van der Waals surface area contributed by atoms with E-state index in [0.717, 1.165) is 4.47 Å². The molecule has 0 spiro atoms. The fourth-order valence-electron chi connectivity index (χ4n) is 1.91. The highest BCUT2D eigenvalue weighted by molar-refractivity contribution is 9.10. The first-order valence-corrected chi connectivity index (χ1v) is 7.61. The summed E-state index contributed by atoms with van der Waals surface area (Å²) < 4.78 is 6.38. The zero-order valence-corrected chi connectivity index (χ0v) is 13.7. The molecule has 0 amide bonds. The Morgan fingerprint density at radius 1 is 1.29 bits per heavy atom. The van der Waals surface area contributed by atoms with Gasteiger partial charge < -0.3 is 15.8 Å². The highest BCUT2D eigenvalue weighted by atomic mass is 79.9. The number of halogens is 1. The zero-order valence-electron chi connectivity index (χ0n) is 12.1. The minimum Gasteiger partial charge on any atom is -0.384 e. The Kier molecular flexibility index (Phi) is 5.52. The monoisotopic (exact) mass is 350 g/mol. The summed E-state index contributed by atoms with van der Waals surface area (Å²) in [6.07, 6.45) is 0. The van der Waals surface area contributed by atoms with Gasteiger partial charge in [-0.3, -0.25) is 0 Å². The smallest absolute Gasteiger partial charge is 0.158 e. The highest BCUT2D eigenvalue weighted by Gasteiger charge is 2.08. The van der Waals surface area contributed by atoms with Crippen LogP contribution in [0.2, 0.25) is 0 Å². The van der Waals surface area contributed by atoms with Gasteiger partial charge in [-0.05, 0) is 31.5 Å². The fourth-order valence-corrected chi connectivity index (χ4v) is 2.17. The molecule has 2 rings (SSSR count). The number of nitrogen functional groups attached to an aromatic ring is 1. The van der Waals surface area contributed by atoms with Crippen molar-refractivity contribution in [1.82, 2.24) is 9.97 Å². The molecule has 0 radical (unpaired) electrons. The van der Waals surface area contributed by atoms with E-state index in [2.05, 4.69) is 50.3 Å². The van der Waals surface area contributed by atoms with Crippen molar-refractivity contribution in [2.45, 2.75) is 26.5 Å². The van der Waals surface area contributed by atoms with Crippen molar-refractivity contribution in [3.63, 3.8) is 0 Å². The Labute approximate surface area is 133 Å². The molecule has 1 unspecified atom stereocenters. The Morgan fingerprint density at radius 2 is 2.00 bits per heavy atom. The Hall–Kier alpha value is -1.66. The maximum atomic E-state index is 5.81. The molecule has 1 atom stereocenters. The van der Waals surface area contributed by atoms with Crippen LogP contribution in [0.15, 0.2) is 34.8 Å². The van der Waals surface area contributed by atoms with Crippen molar-refractivity contribution in [1.29, 1.82) is 0 Å². The maximum Gasteiger partial charge on any atom is 0.158 e. The highest BCUT2D eigenvalue weighted by Crippen LogP contribution is 2.21. The summed E-state index contributed by atoms with van der Waals surface area (Å²) in [5, 5.41) is 3.33. The van der Waals surface area contributed by atoms with E-state index in [1.807, 2.05) is 19.1 Å². The number of aromatic nitrogens is 2. The van der Waals surface area contributed by atoms with Crippen LogP contribution >= 0.6 is 15.9 Å². The van der Waals surface area contributed by atoms with Crippen molar-refractivity contribution in [3.8, 4) is 0 Å². The van der Waals surface area contributed by atoms with Gasteiger partial charge in [0.25, 0.3) is 0 Å².